The smallest absolute Gasteiger partial charge is 0.235 e. The number of likely N-dealkylation sites (N-methyl/N-ethyl adjacent to an activating group) is 1. The Hall–Kier alpha value is -3.15. The molecule has 3 aliphatic carbocycles. The topological polar surface area (TPSA) is 170 Å². The second-order valence-corrected chi connectivity index (χ2v) is 10.5. The highest BCUT2D eigenvalue weighted by Crippen LogP contribution is 2.52. The minimum atomic E-state index is -2.72. The maximum Gasteiger partial charge on any atom is 0.235 e. The van der Waals surface area contributed by atoms with Gasteiger partial charge in [-0.1, -0.05) is 0 Å². The Morgan fingerprint density at radius 2 is 1.81 bits per heavy atom. The summed E-state index contributed by atoms with van der Waals surface area (Å²) in [6.07, 6.45) is 0.248. The number of nitrogens with zero attached hydrogens (tertiary/aromatic N) is 2. The highest BCUT2D eigenvalue weighted by Gasteiger charge is 2.69. The summed E-state index contributed by atoms with van der Waals surface area (Å²) < 4.78 is 0. The lowest BCUT2D eigenvalue weighted by Gasteiger charge is -2.52. The van der Waals surface area contributed by atoms with Gasteiger partial charge in [-0.2, -0.15) is 0 Å². The molecule has 0 heterocycles. The van der Waals surface area contributed by atoms with Gasteiger partial charge >= 0.3 is 0 Å². The minimum absolute atomic E-state index is 0.00912. The largest absolute Gasteiger partial charge is 0.507 e. The van der Waals surface area contributed by atoms with Crippen molar-refractivity contribution in [2.75, 3.05) is 40.1 Å². The summed E-state index contributed by atoms with van der Waals surface area (Å²) in [5.41, 5.74) is 4.69. The third-order valence-corrected chi connectivity index (χ3v) is 7.93. The van der Waals surface area contributed by atoms with Gasteiger partial charge in [-0.05, 0) is 57.1 Å². The van der Waals surface area contributed by atoms with Crippen LogP contribution in [0.4, 0.5) is 5.69 Å². The van der Waals surface area contributed by atoms with Crippen LogP contribution in [0.3, 0.4) is 0 Å². The molecular weight excluding hydrogens is 468 g/mol. The number of rotatable bonds is 5. The van der Waals surface area contributed by atoms with Crippen molar-refractivity contribution in [3.8, 4) is 5.75 Å². The molecule has 5 N–H and O–H groups in total. The quantitative estimate of drug-likeness (QED) is 0.355. The van der Waals surface area contributed by atoms with Crippen LogP contribution in [0.25, 0.3) is 0 Å². The van der Waals surface area contributed by atoms with E-state index in [2.05, 4.69) is 5.32 Å². The predicted molar refractivity (Wildman–Crippen MR) is 128 cm³/mol. The number of nitrogens with two attached hydrogens (primary N) is 1. The molecule has 0 bridgehead atoms. The standard InChI is InChI=1S/C25H32N4O7/c1-27-9-11-8-14(30)16-12(18(11)28(2)3)6-10-7-13-19(29(4)5)21(32)17(24(26)35)23(34)25(13,36)22(33)15(10)20(16)31/h8,10,13,15,17,19,27,30,36H,6-7,9H2,1-5H3,(H2,26,35)/t10-,13-,15?,17?,19-,25-/m0/s1. The summed E-state index contributed by atoms with van der Waals surface area (Å²) in [6, 6.07) is 0.354. The molecule has 36 heavy (non-hydrogen) atoms. The number of Topliss-reactive ketones (excluding diaryl/α,β-unsaturated/α-hetero) is 4. The van der Waals surface area contributed by atoms with Crippen LogP contribution in [0.1, 0.15) is 27.9 Å². The highest BCUT2D eigenvalue weighted by atomic mass is 16.3. The minimum Gasteiger partial charge on any atom is -0.507 e. The van der Waals surface area contributed by atoms with Gasteiger partial charge in [0.05, 0.1) is 17.5 Å². The lowest BCUT2D eigenvalue weighted by atomic mass is 9.52. The van der Waals surface area contributed by atoms with E-state index in [0.29, 0.717) is 12.1 Å². The van der Waals surface area contributed by atoms with Crippen molar-refractivity contribution in [2.45, 2.75) is 31.0 Å². The van der Waals surface area contributed by atoms with Crippen molar-refractivity contribution in [1.82, 2.24) is 10.2 Å². The van der Waals surface area contributed by atoms with E-state index in [1.165, 1.54) is 11.0 Å². The summed E-state index contributed by atoms with van der Waals surface area (Å²) in [6.45, 7) is 0.429. The molecule has 6 atom stereocenters. The summed E-state index contributed by atoms with van der Waals surface area (Å²) in [5, 5.41) is 25.5. The zero-order valence-electron chi connectivity index (χ0n) is 21.0. The number of aromatic hydroxyl groups is 1. The normalized spacial score (nSPS) is 31.7. The van der Waals surface area contributed by atoms with Gasteiger partial charge in [0.25, 0.3) is 0 Å². The van der Waals surface area contributed by atoms with E-state index in [9.17, 15) is 34.2 Å². The van der Waals surface area contributed by atoms with Crippen LogP contribution in [-0.2, 0) is 32.1 Å². The average Bonchev–Trinajstić information content (AvgIpc) is 2.75. The third kappa shape index (κ3) is 3.40. The van der Waals surface area contributed by atoms with Gasteiger partial charge < -0.3 is 26.2 Å². The number of phenols is 1. The van der Waals surface area contributed by atoms with Gasteiger partial charge in [0, 0.05) is 32.2 Å². The number of primary amides is 1. The van der Waals surface area contributed by atoms with Crippen molar-refractivity contribution >= 4 is 34.7 Å². The number of carbonyl (C=O) groups excluding carboxylic acids is 5. The number of benzene rings is 1. The highest BCUT2D eigenvalue weighted by molar-refractivity contribution is 6.32. The van der Waals surface area contributed by atoms with Gasteiger partial charge in [-0.25, -0.2) is 0 Å². The second kappa shape index (κ2) is 8.75. The zero-order valence-corrected chi connectivity index (χ0v) is 21.0. The molecule has 1 aromatic carbocycles. The molecule has 0 saturated heterocycles. The molecule has 1 amide bonds. The maximum absolute atomic E-state index is 13.8. The first-order valence-corrected chi connectivity index (χ1v) is 11.8. The number of nitrogens with one attached hydrogen (secondary N) is 1. The number of anilines is 1. The van der Waals surface area contributed by atoms with Crippen molar-refractivity contribution in [3.63, 3.8) is 0 Å². The predicted octanol–water partition coefficient (Wildman–Crippen LogP) is -1.35. The maximum atomic E-state index is 13.8. The van der Waals surface area contributed by atoms with Crippen molar-refractivity contribution in [2.24, 2.45) is 29.4 Å². The fraction of sp³-hybridized carbons (Fsp3) is 0.560. The van der Waals surface area contributed by atoms with Gasteiger partial charge in [0.2, 0.25) is 5.91 Å². The molecule has 3 aliphatic rings. The average molecular weight is 501 g/mol. The number of amides is 1. The molecule has 1 aromatic rings. The number of phenolic OH excluding ortho intramolecular Hbond substituents is 1. The van der Waals surface area contributed by atoms with Crippen LogP contribution < -0.4 is 16.0 Å². The number of fused-ring (bicyclic) bond motifs is 3. The molecule has 0 spiro atoms. The zero-order chi connectivity index (χ0) is 26.9. The lowest BCUT2D eigenvalue weighted by Crippen LogP contribution is -2.74. The molecule has 4 rings (SSSR count). The Balaban J connectivity index is 1.90. The Kier molecular flexibility index (Phi) is 6.30. The second-order valence-electron chi connectivity index (χ2n) is 10.5. The Morgan fingerprint density at radius 3 is 2.33 bits per heavy atom. The van der Waals surface area contributed by atoms with Crippen LogP contribution in [0, 0.1) is 23.7 Å². The molecule has 0 radical (unpaired) electrons. The molecule has 2 fully saturated rings. The van der Waals surface area contributed by atoms with Crippen molar-refractivity contribution < 1.29 is 34.2 Å². The van der Waals surface area contributed by atoms with Crippen LogP contribution in [0.5, 0.6) is 5.75 Å². The summed E-state index contributed by atoms with van der Waals surface area (Å²) in [7, 11) is 8.51. The van der Waals surface area contributed by atoms with Crippen LogP contribution in [0.2, 0.25) is 0 Å². The summed E-state index contributed by atoms with van der Waals surface area (Å²) >= 11 is 0. The van der Waals surface area contributed by atoms with E-state index in [1.807, 2.05) is 19.0 Å². The molecule has 0 aliphatic heterocycles. The first-order chi connectivity index (χ1) is 16.8. The van der Waals surface area contributed by atoms with Gasteiger partial charge in [0.1, 0.15) is 5.75 Å². The molecule has 2 saturated carbocycles. The number of ketones is 4. The molecule has 11 nitrogen and oxygen atoms in total. The van der Waals surface area contributed by atoms with E-state index < -0.39 is 64.4 Å². The molecule has 11 heteroatoms. The van der Waals surface area contributed by atoms with Gasteiger partial charge in [-0.3, -0.25) is 28.9 Å². The van der Waals surface area contributed by atoms with E-state index in [-0.39, 0.29) is 24.2 Å². The lowest BCUT2D eigenvalue weighted by molar-refractivity contribution is -0.181. The number of aliphatic hydroxyl groups is 1. The number of carbonyl (C=O) groups is 5. The van der Waals surface area contributed by atoms with Gasteiger partial charge in [0.15, 0.2) is 34.7 Å². The van der Waals surface area contributed by atoms with E-state index in [1.54, 1.807) is 21.1 Å². The van der Waals surface area contributed by atoms with Gasteiger partial charge in [-0.15, -0.1) is 0 Å². The van der Waals surface area contributed by atoms with E-state index in [4.69, 9.17) is 5.73 Å². The summed E-state index contributed by atoms with van der Waals surface area (Å²) in [4.78, 5) is 69.3. The summed E-state index contributed by atoms with van der Waals surface area (Å²) in [5.74, 6) is -10.4. The first kappa shape index (κ1) is 25.9. The monoisotopic (exact) mass is 500 g/mol. The molecule has 2 unspecified atom stereocenters. The van der Waals surface area contributed by atoms with Crippen molar-refractivity contribution in [1.29, 1.82) is 0 Å². The Labute approximate surface area is 208 Å². The number of hydrogen-bond donors (Lipinski definition) is 4. The first-order valence-electron chi connectivity index (χ1n) is 11.8. The van der Waals surface area contributed by atoms with E-state index in [0.717, 1.165) is 11.3 Å². The number of hydrogen-bond acceptors (Lipinski definition) is 10. The van der Waals surface area contributed by atoms with Crippen molar-refractivity contribution in [3.05, 3.63) is 22.8 Å². The van der Waals surface area contributed by atoms with Crippen LogP contribution >= 0.6 is 0 Å². The SMILES string of the molecule is CNCc1cc(O)c2c(c1N(C)C)C[C@H]1C[C@H]3[C@H](N(C)C)C(=O)C(C(N)=O)C(=O)[C@@]3(O)C(=O)C1C2=O. The fourth-order valence-electron chi connectivity index (χ4n) is 6.61. The molecular formula is C25H32N4O7. The Bertz CT molecular complexity index is 1190. The van der Waals surface area contributed by atoms with E-state index >= 15 is 0 Å². The third-order valence-electron chi connectivity index (χ3n) is 7.93. The van der Waals surface area contributed by atoms with Crippen LogP contribution in [-0.4, -0.2) is 91.0 Å². The Morgan fingerprint density at radius 1 is 1.17 bits per heavy atom. The molecule has 0 aromatic heterocycles. The van der Waals surface area contributed by atoms with Crippen LogP contribution in [0.15, 0.2) is 6.07 Å². The molecule has 194 valence electrons. The fourth-order valence-corrected chi connectivity index (χ4v) is 6.61.